The van der Waals surface area contributed by atoms with Gasteiger partial charge in [0.05, 0.1) is 11.5 Å². The summed E-state index contributed by atoms with van der Waals surface area (Å²) < 4.78 is 0. The molecular formula is C16H17ClN4OS. The molecule has 0 bridgehead atoms. The number of carbonyl (C=O) groups is 1. The molecule has 1 aromatic carbocycles. The third-order valence-corrected chi connectivity index (χ3v) is 4.00. The smallest absolute Gasteiger partial charge is 0.250 e. The third kappa shape index (κ3) is 5.65. The average Bonchev–Trinajstić information content (AvgIpc) is 2.50. The van der Waals surface area contributed by atoms with E-state index in [4.69, 9.17) is 11.6 Å². The van der Waals surface area contributed by atoms with Crippen molar-refractivity contribution in [3.8, 4) is 0 Å². The van der Waals surface area contributed by atoms with E-state index in [1.807, 2.05) is 39.0 Å². The lowest BCUT2D eigenvalue weighted by molar-refractivity contribution is -0.118. The second kappa shape index (κ2) is 8.08. The fourth-order valence-electron chi connectivity index (χ4n) is 1.82. The van der Waals surface area contributed by atoms with Gasteiger partial charge in [-0.15, -0.1) is 0 Å². The molecule has 0 spiro atoms. The number of amides is 1. The van der Waals surface area contributed by atoms with E-state index in [1.54, 1.807) is 12.1 Å². The molecule has 0 fully saturated rings. The molecule has 2 rings (SSSR count). The van der Waals surface area contributed by atoms with E-state index in [1.165, 1.54) is 11.8 Å². The van der Waals surface area contributed by atoms with Gasteiger partial charge in [-0.05, 0) is 44.5 Å². The van der Waals surface area contributed by atoms with Crippen LogP contribution in [0.15, 0.2) is 40.6 Å². The Morgan fingerprint density at radius 2 is 1.83 bits per heavy atom. The number of nitrogens with zero attached hydrogens (tertiary/aromatic N) is 3. The van der Waals surface area contributed by atoms with Gasteiger partial charge in [0.25, 0.3) is 5.91 Å². The van der Waals surface area contributed by atoms with Gasteiger partial charge in [-0.25, -0.2) is 15.4 Å². The van der Waals surface area contributed by atoms with Crippen LogP contribution in [0.1, 0.15) is 23.9 Å². The summed E-state index contributed by atoms with van der Waals surface area (Å²) >= 11 is 7.13. The topological polar surface area (TPSA) is 67.2 Å². The molecule has 120 valence electrons. The standard InChI is InChI=1S/C16H17ClN4OS/c1-10-8-11(2)19-16(18-10)23-9-15(22)21-20-12(3)13-4-6-14(17)7-5-13/h4-8H,9H2,1-3H3,(H,21,22)/b20-12+. The van der Waals surface area contributed by atoms with Crippen molar-refractivity contribution in [2.45, 2.75) is 25.9 Å². The largest absolute Gasteiger partial charge is 0.272 e. The SMILES string of the molecule is C/C(=N\NC(=O)CSc1nc(C)cc(C)n1)c1ccc(Cl)cc1. The minimum atomic E-state index is -0.203. The van der Waals surface area contributed by atoms with Crippen LogP contribution in [-0.4, -0.2) is 27.3 Å². The Bertz CT molecular complexity index is 711. The van der Waals surface area contributed by atoms with Crippen molar-refractivity contribution < 1.29 is 4.79 Å². The minimum absolute atomic E-state index is 0.203. The van der Waals surface area contributed by atoms with Gasteiger partial charge >= 0.3 is 0 Å². The van der Waals surface area contributed by atoms with Gasteiger partial charge in [0.2, 0.25) is 0 Å². The predicted octanol–water partition coefficient (Wildman–Crippen LogP) is 3.38. The predicted molar refractivity (Wildman–Crippen MR) is 94.0 cm³/mol. The van der Waals surface area contributed by atoms with E-state index in [0.29, 0.717) is 15.9 Å². The van der Waals surface area contributed by atoms with Gasteiger partial charge < -0.3 is 0 Å². The summed E-state index contributed by atoms with van der Waals surface area (Å²) in [6, 6.07) is 9.16. The van der Waals surface area contributed by atoms with Crippen molar-refractivity contribution >= 4 is 35.0 Å². The summed E-state index contributed by atoms with van der Waals surface area (Å²) in [6.07, 6.45) is 0. The van der Waals surface area contributed by atoms with Crippen LogP contribution >= 0.6 is 23.4 Å². The van der Waals surface area contributed by atoms with Crippen molar-refractivity contribution in [1.82, 2.24) is 15.4 Å². The van der Waals surface area contributed by atoms with Gasteiger partial charge in [-0.2, -0.15) is 5.10 Å². The Kier molecular flexibility index (Phi) is 6.12. The van der Waals surface area contributed by atoms with Crippen molar-refractivity contribution in [1.29, 1.82) is 0 Å². The number of hydrogen-bond acceptors (Lipinski definition) is 5. The maximum absolute atomic E-state index is 11.9. The number of nitrogens with one attached hydrogen (secondary N) is 1. The molecule has 0 aliphatic rings. The Morgan fingerprint density at radius 1 is 1.22 bits per heavy atom. The number of thioether (sulfide) groups is 1. The molecule has 5 nitrogen and oxygen atoms in total. The molecule has 1 aromatic heterocycles. The normalized spacial score (nSPS) is 11.4. The van der Waals surface area contributed by atoms with E-state index in [2.05, 4.69) is 20.5 Å². The number of aromatic nitrogens is 2. The summed E-state index contributed by atoms with van der Waals surface area (Å²) in [7, 11) is 0. The van der Waals surface area contributed by atoms with Crippen LogP contribution in [0.3, 0.4) is 0 Å². The van der Waals surface area contributed by atoms with E-state index >= 15 is 0 Å². The fourth-order valence-corrected chi connectivity index (χ4v) is 2.69. The van der Waals surface area contributed by atoms with Crippen LogP contribution in [0.5, 0.6) is 0 Å². The summed E-state index contributed by atoms with van der Waals surface area (Å²) in [4.78, 5) is 20.4. The highest BCUT2D eigenvalue weighted by atomic mass is 35.5. The van der Waals surface area contributed by atoms with Gasteiger partial charge in [0, 0.05) is 16.4 Å². The van der Waals surface area contributed by atoms with Crippen LogP contribution in [0.25, 0.3) is 0 Å². The quantitative estimate of drug-likeness (QED) is 0.389. The van der Waals surface area contributed by atoms with Gasteiger partial charge in [-0.1, -0.05) is 35.5 Å². The molecule has 0 radical (unpaired) electrons. The Labute approximate surface area is 144 Å². The third-order valence-electron chi connectivity index (χ3n) is 2.90. The Hall–Kier alpha value is -1.92. The van der Waals surface area contributed by atoms with Gasteiger partial charge in [-0.3, -0.25) is 4.79 Å². The molecule has 0 aliphatic carbocycles. The van der Waals surface area contributed by atoms with Crippen LogP contribution in [-0.2, 0) is 4.79 Å². The summed E-state index contributed by atoms with van der Waals surface area (Å²) in [5.74, 6) is 0.00591. The summed E-state index contributed by atoms with van der Waals surface area (Å²) in [5.41, 5.74) is 5.92. The van der Waals surface area contributed by atoms with Crippen molar-refractivity contribution in [3.05, 3.63) is 52.3 Å². The number of aryl methyl sites for hydroxylation is 2. The minimum Gasteiger partial charge on any atom is -0.272 e. The molecule has 0 aliphatic heterocycles. The molecule has 2 aromatic rings. The first-order chi connectivity index (χ1) is 10.9. The van der Waals surface area contributed by atoms with E-state index < -0.39 is 0 Å². The molecule has 23 heavy (non-hydrogen) atoms. The van der Waals surface area contributed by atoms with E-state index in [-0.39, 0.29) is 11.7 Å². The molecule has 1 N–H and O–H groups in total. The van der Waals surface area contributed by atoms with Gasteiger partial charge in [0.1, 0.15) is 0 Å². The fraction of sp³-hybridized carbons (Fsp3) is 0.250. The van der Waals surface area contributed by atoms with Crippen LogP contribution < -0.4 is 5.43 Å². The highest BCUT2D eigenvalue weighted by Crippen LogP contribution is 2.13. The molecule has 0 saturated heterocycles. The molecule has 1 amide bonds. The highest BCUT2D eigenvalue weighted by Gasteiger charge is 2.06. The monoisotopic (exact) mass is 348 g/mol. The maximum atomic E-state index is 11.9. The molecule has 0 atom stereocenters. The molecule has 1 heterocycles. The summed E-state index contributed by atoms with van der Waals surface area (Å²) in [5, 5.41) is 5.35. The Balaban J connectivity index is 1.89. The lowest BCUT2D eigenvalue weighted by Gasteiger charge is -2.04. The first-order valence-electron chi connectivity index (χ1n) is 6.98. The molecule has 7 heteroatoms. The van der Waals surface area contributed by atoms with Gasteiger partial charge in [0.15, 0.2) is 5.16 Å². The molecule has 0 saturated carbocycles. The number of carbonyl (C=O) groups excluding carboxylic acids is 1. The zero-order valence-corrected chi connectivity index (χ0v) is 14.7. The second-order valence-corrected chi connectivity index (χ2v) is 6.34. The van der Waals surface area contributed by atoms with Crippen molar-refractivity contribution in [3.63, 3.8) is 0 Å². The van der Waals surface area contributed by atoms with Crippen LogP contribution in [0, 0.1) is 13.8 Å². The number of hydrazone groups is 1. The average molecular weight is 349 g/mol. The molecular weight excluding hydrogens is 332 g/mol. The number of halogens is 1. The number of hydrogen-bond donors (Lipinski definition) is 1. The summed E-state index contributed by atoms with van der Waals surface area (Å²) in [6.45, 7) is 5.63. The highest BCUT2D eigenvalue weighted by molar-refractivity contribution is 7.99. The van der Waals surface area contributed by atoms with Crippen molar-refractivity contribution in [2.75, 3.05) is 5.75 Å². The lowest BCUT2D eigenvalue weighted by atomic mass is 10.1. The van der Waals surface area contributed by atoms with E-state index in [9.17, 15) is 4.79 Å². The van der Waals surface area contributed by atoms with Crippen LogP contribution in [0.4, 0.5) is 0 Å². The zero-order valence-electron chi connectivity index (χ0n) is 13.1. The Morgan fingerprint density at radius 3 is 2.43 bits per heavy atom. The number of benzene rings is 1. The maximum Gasteiger partial charge on any atom is 0.250 e. The first-order valence-corrected chi connectivity index (χ1v) is 8.34. The van der Waals surface area contributed by atoms with Crippen LogP contribution in [0.2, 0.25) is 5.02 Å². The second-order valence-electron chi connectivity index (χ2n) is 4.96. The molecule has 0 unspecified atom stereocenters. The van der Waals surface area contributed by atoms with Crippen molar-refractivity contribution in [2.24, 2.45) is 5.10 Å². The zero-order chi connectivity index (χ0) is 16.8. The first kappa shape index (κ1) is 17.4. The number of rotatable bonds is 5. The van der Waals surface area contributed by atoms with E-state index in [0.717, 1.165) is 17.0 Å². The lowest BCUT2D eigenvalue weighted by Crippen LogP contribution is -2.21.